The summed E-state index contributed by atoms with van der Waals surface area (Å²) in [6, 6.07) is 8.77. The SMILES string of the molecule is N#Cc1ccc(C(=O)NCCCCN2CCCC2)cc1. The number of benzene rings is 1. The predicted octanol–water partition coefficient (Wildman–Crippen LogP) is 2.16. The molecule has 0 unspecified atom stereocenters. The van der Waals surface area contributed by atoms with E-state index in [0.717, 1.165) is 19.4 Å². The van der Waals surface area contributed by atoms with Crippen molar-refractivity contribution >= 4 is 5.91 Å². The number of nitrogens with zero attached hydrogens (tertiary/aromatic N) is 2. The van der Waals surface area contributed by atoms with Crippen molar-refractivity contribution in [2.24, 2.45) is 0 Å². The first-order valence-electron chi connectivity index (χ1n) is 7.30. The van der Waals surface area contributed by atoms with Gasteiger partial charge in [-0.15, -0.1) is 0 Å². The zero-order chi connectivity index (χ0) is 14.2. The van der Waals surface area contributed by atoms with Crippen LogP contribution in [0.15, 0.2) is 24.3 Å². The van der Waals surface area contributed by atoms with Crippen LogP contribution in [0.5, 0.6) is 0 Å². The predicted molar refractivity (Wildman–Crippen MR) is 78.4 cm³/mol. The average molecular weight is 271 g/mol. The molecule has 1 aliphatic heterocycles. The van der Waals surface area contributed by atoms with Gasteiger partial charge in [0, 0.05) is 12.1 Å². The fourth-order valence-corrected chi connectivity index (χ4v) is 2.47. The summed E-state index contributed by atoms with van der Waals surface area (Å²) < 4.78 is 0. The van der Waals surface area contributed by atoms with Crippen LogP contribution in [0.4, 0.5) is 0 Å². The van der Waals surface area contributed by atoms with E-state index in [4.69, 9.17) is 5.26 Å². The molecule has 1 aliphatic rings. The Balaban J connectivity index is 1.63. The highest BCUT2D eigenvalue weighted by atomic mass is 16.1. The summed E-state index contributed by atoms with van der Waals surface area (Å²) in [7, 11) is 0. The van der Waals surface area contributed by atoms with Crippen LogP contribution in [0.2, 0.25) is 0 Å². The lowest BCUT2D eigenvalue weighted by Gasteiger charge is -2.14. The van der Waals surface area contributed by atoms with Gasteiger partial charge in [0.05, 0.1) is 11.6 Å². The van der Waals surface area contributed by atoms with Gasteiger partial charge in [-0.3, -0.25) is 4.79 Å². The van der Waals surface area contributed by atoms with Crippen LogP contribution >= 0.6 is 0 Å². The molecule has 4 heteroatoms. The highest BCUT2D eigenvalue weighted by Crippen LogP contribution is 2.08. The summed E-state index contributed by atoms with van der Waals surface area (Å²) in [6.45, 7) is 4.33. The standard InChI is InChI=1S/C16H21N3O/c17-13-14-5-7-15(8-6-14)16(20)18-9-1-2-10-19-11-3-4-12-19/h5-8H,1-4,9-12H2,(H,18,20). The fourth-order valence-electron chi connectivity index (χ4n) is 2.47. The molecule has 0 saturated carbocycles. The Bertz CT molecular complexity index is 469. The minimum Gasteiger partial charge on any atom is -0.352 e. The molecule has 0 bridgehead atoms. The van der Waals surface area contributed by atoms with Gasteiger partial charge in [-0.1, -0.05) is 0 Å². The van der Waals surface area contributed by atoms with Gasteiger partial charge in [0.15, 0.2) is 0 Å². The molecule has 1 fully saturated rings. The van der Waals surface area contributed by atoms with Crippen LogP contribution in [-0.4, -0.2) is 37.0 Å². The van der Waals surface area contributed by atoms with E-state index in [-0.39, 0.29) is 5.91 Å². The zero-order valence-corrected chi connectivity index (χ0v) is 11.8. The molecular weight excluding hydrogens is 250 g/mol. The van der Waals surface area contributed by atoms with Crippen LogP contribution in [-0.2, 0) is 0 Å². The Kier molecular flexibility index (Phi) is 5.57. The molecule has 1 aromatic carbocycles. The smallest absolute Gasteiger partial charge is 0.251 e. The lowest BCUT2D eigenvalue weighted by atomic mass is 10.1. The second-order valence-electron chi connectivity index (χ2n) is 5.20. The van der Waals surface area contributed by atoms with Crippen LogP contribution in [0.25, 0.3) is 0 Å². The molecule has 0 aromatic heterocycles. The maximum absolute atomic E-state index is 11.9. The number of nitriles is 1. The summed E-state index contributed by atoms with van der Waals surface area (Å²) in [6.07, 6.45) is 4.80. The normalized spacial score (nSPS) is 14.9. The first-order valence-corrected chi connectivity index (χ1v) is 7.30. The summed E-state index contributed by atoms with van der Waals surface area (Å²) in [5.74, 6) is -0.0596. The molecule has 0 radical (unpaired) electrons. The van der Waals surface area contributed by atoms with Gasteiger partial charge in [-0.2, -0.15) is 5.26 Å². The van der Waals surface area contributed by atoms with Crippen LogP contribution in [0, 0.1) is 11.3 Å². The lowest BCUT2D eigenvalue weighted by molar-refractivity contribution is 0.0952. The molecule has 1 N–H and O–H groups in total. The average Bonchev–Trinajstić information content (AvgIpc) is 3.00. The third-order valence-corrected chi connectivity index (χ3v) is 3.66. The van der Waals surface area contributed by atoms with Crippen molar-refractivity contribution in [3.63, 3.8) is 0 Å². The van der Waals surface area contributed by atoms with Gasteiger partial charge in [-0.25, -0.2) is 0 Å². The molecule has 20 heavy (non-hydrogen) atoms. The quantitative estimate of drug-likeness (QED) is 0.807. The summed E-state index contributed by atoms with van der Waals surface area (Å²) in [4.78, 5) is 14.3. The Labute approximate surface area is 120 Å². The number of amides is 1. The highest BCUT2D eigenvalue weighted by Gasteiger charge is 2.10. The lowest BCUT2D eigenvalue weighted by Crippen LogP contribution is -2.26. The summed E-state index contributed by atoms with van der Waals surface area (Å²) in [5, 5.41) is 11.6. The van der Waals surface area contributed by atoms with Gasteiger partial charge >= 0.3 is 0 Å². The van der Waals surface area contributed by atoms with Crippen molar-refractivity contribution in [1.82, 2.24) is 10.2 Å². The maximum Gasteiger partial charge on any atom is 0.251 e. The number of rotatable bonds is 6. The van der Waals surface area contributed by atoms with E-state index in [9.17, 15) is 4.79 Å². The molecule has 4 nitrogen and oxygen atoms in total. The molecule has 2 rings (SSSR count). The van der Waals surface area contributed by atoms with Crippen LogP contribution in [0.1, 0.15) is 41.6 Å². The molecule has 106 valence electrons. The second-order valence-corrected chi connectivity index (χ2v) is 5.20. The summed E-state index contributed by atoms with van der Waals surface area (Å²) >= 11 is 0. The second kappa shape index (κ2) is 7.66. The van der Waals surface area contributed by atoms with Crippen molar-refractivity contribution in [3.05, 3.63) is 35.4 Å². The van der Waals surface area contributed by atoms with E-state index >= 15 is 0 Å². The zero-order valence-electron chi connectivity index (χ0n) is 11.8. The molecule has 0 atom stereocenters. The molecule has 0 aliphatic carbocycles. The van der Waals surface area contributed by atoms with E-state index in [2.05, 4.69) is 10.2 Å². The Morgan fingerprint density at radius 3 is 2.55 bits per heavy atom. The fraction of sp³-hybridized carbons (Fsp3) is 0.500. The largest absolute Gasteiger partial charge is 0.352 e. The topological polar surface area (TPSA) is 56.1 Å². The van der Waals surface area contributed by atoms with Crippen molar-refractivity contribution in [1.29, 1.82) is 5.26 Å². The number of nitrogens with one attached hydrogen (secondary N) is 1. The van der Waals surface area contributed by atoms with Gasteiger partial charge in [0.25, 0.3) is 5.91 Å². The maximum atomic E-state index is 11.9. The van der Waals surface area contributed by atoms with Crippen molar-refractivity contribution in [2.75, 3.05) is 26.2 Å². The van der Waals surface area contributed by atoms with E-state index in [1.807, 2.05) is 6.07 Å². The van der Waals surface area contributed by atoms with Crippen LogP contribution in [0.3, 0.4) is 0 Å². The van der Waals surface area contributed by atoms with E-state index < -0.39 is 0 Å². The first kappa shape index (κ1) is 14.5. The first-order chi connectivity index (χ1) is 9.79. The van der Waals surface area contributed by atoms with E-state index in [1.165, 1.54) is 25.9 Å². The highest BCUT2D eigenvalue weighted by molar-refractivity contribution is 5.94. The summed E-state index contributed by atoms with van der Waals surface area (Å²) in [5.41, 5.74) is 1.19. The van der Waals surface area contributed by atoms with Gasteiger partial charge in [0.2, 0.25) is 0 Å². The number of unbranched alkanes of at least 4 members (excludes halogenated alkanes) is 1. The minimum atomic E-state index is -0.0596. The number of carbonyl (C=O) groups excluding carboxylic acids is 1. The minimum absolute atomic E-state index is 0.0596. The monoisotopic (exact) mass is 271 g/mol. The van der Waals surface area contributed by atoms with Crippen molar-refractivity contribution in [3.8, 4) is 6.07 Å². The molecule has 1 amide bonds. The molecule has 1 aromatic rings. The third-order valence-electron chi connectivity index (χ3n) is 3.66. The van der Waals surface area contributed by atoms with E-state index in [1.54, 1.807) is 24.3 Å². The van der Waals surface area contributed by atoms with Crippen molar-refractivity contribution < 1.29 is 4.79 Å². The molecular formula is C16H21N3O. The van der Waals surface area contributed by atoms with Crippen molar-refractivity contribution in [2.45, 2.75) is 25.7 Å². The Morgan fingerprint density at radius 2 is 1.90 bits per heavy atom. The van der Waals surface area contributed by atoms with Gasteiger partial charge in [-0.05, 0) is 69.6 Å². The molecule has 1 saturated heterocycles. The number of likely N-dealkylation sites (tertiary alicyclic amines) is 1. The van der Waals surface area contributed by atoms with E-state index in [0.29, 0.717) is 17.7 Å². The molecule has 1 heterocycles. The number of carbonyl (C=O) groups is 1. The number of hydrogen-bond acceptors (Lipinski definition) is 3. The number of hydrogen-bond donors (Lipinski definition) is 1. The van der Waals surface area contributed by atoms with Crippen LogP contribution < -0.4 is 5.32 Å². The third kappa shape index (κ3) is 4.36. The molecule has 0 spiro atoms. The van der Waals surface area contributed by atoms with Gasteiger partial charge in [0.1, 0.15) is 0 Å². The van der Waals surface area contributed by atoms with Gasteiger partial charge < -0.3 is 10.2 Å². The Hall–Kier alpha value is -1.86. The Morgan fingerprint density at radius 1 is 1.20 bits per heavy atom.